The molecule has 2 rings (SSSR count). The molecule has 23 heavy (non-hydrogen) atoms. The zero-order valence-corrected chi connectivity index (χ0v) is 13.8. The average Bonchev–Trinajstić information content (AvgIpc) is 2.55. The zero-order valence-electron chi connectivity index (χ0n) is 13.8. The van der Waals surface area contributed by atoms with Gasteiger partial charge in [-0.25, -0.2) is 4.79 Å². The van der Waals surface area contributed by atoms with Gasteiger partial charge >= 0.3 is 5.97 Å². The lowest BCUT2D eigenvalue weighted by Gasteiger charge is -2.36. The van der Waals surface area contributed by atoms with E-state index in [1.165, 1.54) is 7.11 Å². The number of aliphatic carboxylic acids is 1. The predicted molar refractivity (Wildman–Crippen MR) is 87.4 cm³/mol. The minimum atomic E-state index is -1.07. The van der Waals surface area contributed by atoms with Crippen LogP contribution in [0.3, 0.4) is 0 Å². The lowest BCUT2D eigenvalue weighted by Crippen LogP contribution is -2.49. The summed E-state index contributed by atoms with van der Waals surface area (Å²) in [4.78, 5) is 24.0. The molecule has 126 valence electrons. The summed E-state index contributed by atoms with van der Waals surface area (Å²) in [6.07, 6.45) is 3.73. The van der Waals surface area contributed by atoms with Crippen LogP contribution in [0.1, 0.15) is 43.2 Å². The molecule has 1 unspecified atom stereocenters. The van der Waals surface area contributed by atoms with Crippen molar-refractivity contribution in [1.82, 2.24) is 5.32 Å². The molecule has 0 aromatic heterocycles. The lowest BCUT2D eigenvalue weighted by atomic mass is 9.68. The Morgan fingerprint density at radius 1 is 1.30 bits per heavy atom. The SMILES string of the molecule is COC(CNC(=O)C1(c2cccc(C)c2)CCCCC1)C(=O)O. The van der Waals surface area contributed by atoms with Gasteiger partial charge in [0.15, 0.2) is 6.10 Å². The molecule has 1 fully saturated rings. The smallest absolute Gasteiger partial charge is 0.334 e. The maximum Gasteiger partial charge on any atom is 0.334 e. The highest BCUT2D eigenvalue weighted by Gasteiger charge is 2.41. The Morgan fingerprint density at radius 3 is 2.57 bits per heavy atom. The Labute approximate surface area is 137 Å². The number of hydrogen-bond acceptors (Lipinski definition) is 3. The predicted octanol–water partition coefficient (Wildman–Crippen LogP) is 2.41. The highest BCUT2D eigenvalue weighted by molar-refractivity contribution is 5.89. The van der Waals surface area contributed by atoms with Crippen LogP contribution in [0.25, 0.3) is 0 Å². The van der Waals surface area contributed by atoms with Gasteiger partial charge in [-0.3, -0.25) is 4.79 Å². The summed E-state index contributed by atoms with van der Waals surface area (Å²) in [5.74, 6) is -1.16. The van der Waals surface area contributed by atoms with E-state index in [0.29, 0.717) is 0 Å². The van der Waals surface area contributed by atoms with Gasteiger partial charge in [-0.1, -0.05) is 49.1 Å². The van der Waals surface area contributed by atoms with Gasteiger partial charge in [-0.05, 0) is 25.3 Å². The van der Waals surface area contributed by atoms with Crippen molar-refractivity contribution >= 4 is 11.9 Å². The number of methoxy groups -OCH3 is 1. The Kier molecular flexibility index (Phi) is 5.77. The number of amides is 1. The van der Waals surface area contributed by atoms with Crippen LogP contribution in [0.2, 0.25) is 0 Å². The molecule has 0 saturated heterocycles. The molecule has 1 aromatic rings. The standard InChI is InChI=1S/C18H25NO4/c1-13-7-6-8-14(11-13)18(9-4-3-5-10-18)17(22)19-12-15(23-2)16(20)21/h6-8,11,15H,3-5,9-10,12H2,1-2H3,(H,19,22)(H,20,21). The van der Waals surface area contributed by atoms with Crippen LogP contribution in [0.4, 0.5) is 0 Å². The van der Waals surface area contributed by atoms with Gasteiger partial charge in [0.25, 0.3) is 0 Å². The third-order valence-corrected chi connectivity index (χ3v) is 4.72. The van der Waals surface area contributed by atoms with Crippen LogP contribution < -0.4 is 5.32 Å². The number of ether oxygens (including phenoxy) is 1. The average molecular weight is 319 g/mol. The van der Waals surface area contributed by atoms with E-state index in [-0.39, 0.29) is 12.5 Å². The number of rotatable bonds is 6. The highest BCUT2D eigenvalue weighted by atomic mass is 16.5. The summed E-state index contributed by atoms with van der Waals surface area (Å²) in [6.45, 7) is 2.00. The number of aryl methyl sites for hydroxylation is 1. The molecule has 5 nitrogen and oxygen atoms in total. The maximum absolute atomic E-state index is 12.9. The van der Waals surface area contributed by atoms with Gasteiger partial charge in [0.1, 0.15) is 0 Å². The van der Waals surface area contributed by atoms with Gasteiger partial charge in [0.2, 0.25) is 5.91 Å². The zero-order chi connectivity index (χ0) is 16.9. The molecular weight excluding hydrogens is 294 g/mol. The number of carbonyl (C=O) groups excluding carboxylic acids is 1. The van der Waals surface area contributed by atoms with Gasteiger partial charge in [-0.15, -0.1) is 0 Å². The van der Waals surface area contributed by atoms with Crippen molar-refractivity contribution in [3.8, 4) is 0 Å². The summed E-state index contributed by atoms with van der Waals surface area (Å²) in [5.41, 5.74) is 1.60. The quantitative estimate of drug-likeness (QED) is 0.844. The monoisotopic (exact) mass is 319 g/mol. The molecule has 0 heterocycles. The molecule has 2 N–H and O–H groups in total. The van der Waals surface area contributed by atoms with Crippen LogP contribution in [0, 0.1) is 6.92 Å². The van der Waals surface area contributed by atoms with Crippen LogP contribution in [0.5, 0.6) is 0 Å². The molecule has 0 aliphatic heterocycles. The Balaban J connectivity index is 2.21. The molecule has 1 atom stereocenters. The van der Waals surface area contributed by atoms with E-state index in [1.807, 2.05) is 25.1 Å². The van der Waals surface area contributed by atoms with Crippen molar-refractivity contribution in [1.29, 1.82) is 0 Å². The van der Waals surface area contributed by atoms with Gasteiger partial charge in [0, 0.05) is 7.11 Å². The molecular formula is C18H25NO4. The fourth-order valence-electron chi connectivity index (χ4n) is 3.37. The van der Waals surface area contributed by atoms with E-state index in [0.717, 1.165) is 43.2 Å². The molecule has 1 amide bonds. The minimum Gasteiger partial charge on any atom is -0.479 e. The number of nitrogens with one attached hydrogen (secondary N) is 1. The van der Waals surface area contributed by atoms with E-state index in [1.54, 1.807) is 0 Å². The van der Waals surface area contributed by atoms with Crippen molar-refractivity contribution in [2.45, 2.75) is 50.5 Å². The first-order valence-corrected chi connectivity index (χ1v) is 8.10. The fraction of sp³-hybridized carbons (Fsp3) is 0.556. The summed E-state index contributed by atoms with van der Waals surface area (Å²) in [7, 11) is 1.34. The first-order valence-electron chi connectivity index (χ1n) is 8.10. The van der Waals surface area contributed by atoms with Gasteiger partial charge in [-0.2, -0.15) is 0 Å². The Morgan fingerprint density at radius 2 is 2.00 bits per heavy atom. The number of benzene rings is 1. The number of carboxylic acids is 1. The molecule has 1 aromatic carbocycles. The van der Waals surface area contributed by atoms with E-state index in [9.17, 15) is 9.59 Å². The number of carboxylic acid groups (broad SMARTS) is 1. The normalized spacial score (nSPS) is 18.2. The molecule has 1 aliphatic rings. The minimum absolute atomic E-state index is 0.0156. The molecule has 0 bridgehead atoms. The summed E-state index contributed by atoms with van der Waals surface area (Å²) in [5, 5.41) is 11.8. The fourth-order valence-corrected chi connectivity index (χ4v) is 3.37. The molecule has 0 radical (unpaired) electrons. The van der Waals surface area contributed by atoms with E-state index in [4.69, 9.17) is 9.84 Å². The highest BCUT2D eigenvalue weighted by Crippen LogP contribution is 2.40. The Bertz CT molecular complexity index is 564. The summed E-state index contributed by atoms with van der Waals surface area (Å²) in [6, 6.07) is 8.06. The third kappa shape index (κ3) is 3.91. The second kappa shape index (κ2) is 7.59. The van der Waals surface area contributed by atoms with Crippen LogP contribution in [-0.2, 0) is 19.7 Å². The number of hydrogen-bond donors (Lipinski definition) is 2. The van der Waals surface area contributed by atoms with E-state index in [2.05, 4.69) is 11.4 Å². The van der Waals surface area contributed by atoms with Crippen molar-refractivity contribution in [2.75, 3.05) is 13.7 Å². The van der Waals surface area contributed by atoms with Crippen molar-refractivity contribution in [2.24, 2.45) is 0 Å². The summed E-state index contributed by atoms with van der Waals surface area (Å²) < 4.78 is 4.89. The molecule has 0 spiro atoms. The Hall–Kier alpha value is -1.88. The van der Waals surface area contributed by atoms with Gasteiger partial charge < -0.3 is 15.2 Å². The lowest BCUT2D eigenvalue weighted by molar-refractivity contribution is -0.148. The summed E-state index contributed by atoms with van der Waals surface area (Å²) >= 11 is 0. The first kappa shape index (κ1) is 17.5. The maximum atomic E-state index is 12.9. The van der Waals surface area contributed by atoms with Crippen molar-refractivity contribution in [3.63, 3.8) is 0 Å². The van der Waals surface area contributed by atoms with Gasteiger partial charge in [0.05, 0.1) is 12.0 Å². The largest absolute Gasteiger partial charge is 0.479 e. The number of carbonyl (C=O) groups is 2. The molecule has 1 saturated carbocycles. The third-order valence-electron chi connectivity index (χ3n) is 4.72. The second-order valence-electron chi connectivity index (χ2n) is 6.28. The van der Waals surface area contributed by atoms with Crippen LogP contribution in [-0.4, -0.2) is 36.7 Å². The molecule has 1 aliphatic carbocycles. The van der Waals surface area contributed by atoms with Crippen molar-refractivity contribution in [3.05, 3.63) is 35.4 Å². The first-order chi connectivity index (χ1) is 11.0. The topological polar surface area (TPSA) is 75.6 Å². The van der Waals surface area contributed by atoms with Crippen molar-refractivity contribution < 1.29 is 19.4 Å². The van der Waals surface area contributed by atoms with Crippen LogP contribution >= 0.6 is 0 Å². The molecule has 5 heteroatoms. The van der Waals surface area contributed by atoms with E-state index < -0.39 is 17.5 Å². The van der Waals surface area contributed by atoms with Crippen LogP contribution in [0.15, 0.2) is 24.3 Å². The van der Waals surface area contributed by atoms with E-state index >= 15 is 0 Å². The second-order valence-corrected chi connectivity index (χ2v) is 6.28.